The van der Waals surface area contributed by atoms with Crippen LogP contribution in [0.2, 0.25) is 0 Å². The van der Waals surface area contributed by atoms with E-state index < -0.39 is 9.84 Å². The molecule has 2 heterocycles. The van der Waals surface area contributed by atoms with Crippen LogP contribution in [0, 0.1) is 5.92 Å². The summed E-state index contributed by atoms with van der Waals surface area (Å²) in [5.41, 5.74) is 0. The number of hydrogen-bond donors (Lipinski definition) is 1. The summed E-state index contributed by atoms with van der Waals surface area (Å²) in [4.78, 5) is 2.27. The summed E-state index contributed by atoms with van der Waals surface area (Å²) in [5.74, 6) is 1.35. The lowest BCUT2D eigenvalue weighted by molar-refractivity contribution is 0.170. The van der Waals surface area contributed by atoms with Gasteiger partial charge in [-0.05, 0) is 25.9 Å². The number of sulfone groups is 1. The Bertz CT molecular complexity index is 328. The number of hydrogen-bond acceptors (Lipinski definition) is 4. The van der Waals surface area contributed by atoms with Crippen LogP contribution < -0.4 is 5.32 Å². The van der Waals surface area contributed by atoms with Crippen molar-refractivity contribution in [2.75, 3.05) is 31.6 Å². The summed E-state index contributed by atoms with van der Waals surface area (Å²) >= 11 is 0. The maximum absolute atomic E-state index is 11.4. The highest BCUT2D eigenvalue weighted by molar-refractivity contribution is 7.91. The minimum atomic E-state index is -2.75. The van der Waals surface area contributed by atoms with Gasteiger partial charge in [-0.2, -0.15) is 0 Å². The molecule has 3 unspecified atom stereocenters. The van der Waals surface area contributed by atoms with Gasteiger partial charge in [0.15, 0.2) is 9.84 Å². The molecule has 0 radical (unpaired) electrons. The highest BCUT2D eigenvalue weighted by Gasteiger charge is 2.36. The first kappa shape index (κ1) is 11.4. The zero-order chi connectivity index (χ0) is 11.1. The number of likely N-dealkylation sites (N-methyl/N-ethyl adjacent to an activating group) is 1. The summed E-state index contributed by atoms with van der Waals surface area (Å²) in [6, 6.07) is 0.741. The van der Waals surface area contributed by atoms with Crippen molar-refractivity contribution in [1.82, 2.24) is 10.2 Å². The first-order valence-electron chi connectivity index (χ1n) is 5.63. The molecule has 2 saturated heterocycles. The second-order valence-corrected chi connectivity index (χ2v) is 7.15. The Morgan fingerprint density at radius 1 is 1.33 bits per heavy atom. The Labute approximate surface area is 91.9 Å². The molecular formula is C10H20N2O2S. The Balaban J connectivity index is 2.00. The Kier molecular flexibility index (Phi) is 3.05. The molecule has 2 aliphatic heterocycles. The molecular weight excluding hydrogens is 212 g/mol. The molecule has 0 spiro atoms. The number of nitrogens with one attached hydrogen (secondary N) is 1. The fraction of sp³-hybridized carbons (Fsp3) is 1.00. The van der Waals surface area contributed by atoms with E-state index in [1.54, 1.807) is 0 Å². The maximum Gasteiger partial charge on any atom is 0.151 e. The van der Waals surface area contributed by atoms with Gasteiger partial charge in [-0.25, -0.2) is 8.42 Å². The summed E-state index contributed by atoms with van der Waals surface area (Å²) in [6.07, 6.45) is 0.808. The highest BCUT2D eigenvalue weighted by Crippen LogP contribution is 2.22. The third-order valence-corrected chi connectivity index (χ3v) is 5.53. The van der Waals surface area contributed by atoms with Crippen molar-refractivity contribution in [3.05, 3.63) is 0 Å². The van der Waals surface area contributed by atoms with Crippen molar-refractivity contribution in [3.63, 3.8) is 0 Å². The quantitative estimate of drug-likeness (QED) is 0.711. The third kappa shape index (κ3) is 2.34. The molecule has 2 rings (SSSR count). The van der Waals surface area contributed by atoms with Crippen LogP contribution >= 0.6 is 0 Å². The van der Waals surface area contributed by atoms with Gasteiger partial charge in [0.1, 0.15) is 0 Å². The molecule has 3 atom stereocenters. The lowest BCUT2D eigenvalue weighted by Gasteiger charge is -2.31. The van der Waals surface area contributed by atoms with E-state index in [9.17, 15) is 8.42 Å². The van der Waals surface area contributed by atoms with Crippen LogP contribution in [0.4, 0.5) is 0 Å². The second-order valence-electron chi connectivity index (χ2n) is 4.93. The first-order valence-corrected chi connectivity index (χ1v) is 7.45. The summed E-state index contributed by atoms with van der Waals surface area (Å²) in [7, 11) is -0.680. The van der Waals surface area contributed by atoms with E-state index in [2.05, 4.69) is 24.2 Å². The Hall–Kier alpha value is -0.130. The van der Waals surface area contributed by atoms with E-state index in [0.717, 1.165) is 19.5 Å². The van der Waals surface area contributed by atoms with Crippen molar-refractivity contribution in [2.45, 2.75) is 25.4 Å². The number of nitrogens with zero attached hydrogens (tertiary/aromatic N) is 1. The van der Waals surface area contributed by atoms with Gasteiger partial charge in [0.25, 0.3) is 0 Å². The average Bonchev–Trinajstić information content (AvgIpc) is 2.71. The van der Waals surface area contributed by atoms with Crippen molar-refractivity contribution in [1.29, 1.82) is 0 Å². The fourth-order valence-electron chi connectivity index (χ4n) is 2.71. The van der Waals surface area contributed by atoms with E-state index in [4.69, 9.17) is 0 Å². The van der Waals surface area contributed by atoms with Gasteiger partial charge in [0.05, 0.1) is 11.5 Å². The molecule has 0 saturated carbocycles. The average molecular weight is 232 g/mol. The minimum absolute atomic E-state index is 0.238. The van der Waals surface area contributed by atoms with E-state index >= 15 is 0 Å². The summed E-state index contributed by atoms with van der Waals surface area (Å²) in [6.45, 7) is 4.27. The molecule has 0 amide bonds. The van der Waals surface area contributed by atoms with E-state index in [1.165, 1.54) is 0 Å². The molecule has 0 aliphatic carbocycles. The molecule has 0 aromatic heterocycles. The lowest BCUT2D eigenvalue weighted by Crippen LogP contribution is -2.44. The maximum atomic E-state index is 11.4. The highest BCUT2D eigenvalue weighted by atomic mass is 32.2. The molecule has 2 fully saturated rings. The fourth-order valence-corrected chi connectivity index (χ4v) is 4.49. The Morgan fingerprint density at radius 3 is 2.53 bits per heavy atom. The van der Waals surface area contributed by atoms with E-state index in [1.807, 2.05) is 0 Å². The predicted molar refractivity (Wildman–Crippen MR) is 60.6 cm³/mol. The SMILES string of the molecule is CC1CNCC1N(C)C1CCS(=O)(=O)C1. The monoisotopic (exact) mass is 232 g/mol. The van der Waals surface area contributed by atoms with Crippen LogP contribution in [-0.2, 0) is 9.84 Å². The van der Waals surface area contributed by atoms with Crippen LogP contribution in [0.1, 0.15) is 13.3 Å². The van der Waals surface area contributed by atoms with Crippen LogP contribution in [0.15, 0.2) is 0 Å². The molecule has 5 heteroatoms. The largest absolute Gasteiger partial charge is 0.315 e. The zero-order valence-electron chi connectivity index (χ0n) is 9.44. The zero-order valence-corrected chi connectivity index (χ0v) is 10.3. The van der Waals surface area contributed by atoms with Crippen LogP contribution in [0.3, 0.4) is 0 Å². The normalized spacial score (nSPS) is 40.1. The van der Waals surface area contributed by atoms with Crippen LogP contribution in [0.5, 0.6) is 0 Å². The van der Waals surface area contributed by atoms with Gasteiger partial charge in [-0.15, -0.1) is 0 Å². The third-order valence-electron chi connectivity index (χ3n) is 3.78. The predicted octanol–water partition coefficient (Wildman–Crippen LogP) is -0.287. The minimum Gasteiger partial charge on any atom is -0.315 e. The van der Waals surface area contributed by atoms with Crippen molar-refractivity contribution < 1.29 is 8.42 Å². The summed E-state index contributed by atoms with van der Waals surface area (Å²) in [5, 5.41) is 3.36. The molecule has 1 N–H and O–H groups in total. The lowest BCUT2D eigenvalue weighted by atomic mass is 10.0. The van der Waals surface area contributed by atoms with Crippen molar-refractivity contribution in [3.8, 4) is 0 Å². The van der Waals surface area contributed by atoms with Crippen molar-refractivity contribution >= 4 is 9.84 Å². The second kappa shape index (κ2) is 4.03. The van der Waals surface area contributed by atoms with Gasteiger partial charge in [-0.3, -0.25) is 4.90 Å². The molecule has 15 heavy (non-hydrogen) atoms. The molecule has 0 bridgehead atoms. The molecule has 4 nitrogen and oxygen atoms in total. The smallest absolute Gasteiger partial charge is 0.151 e. The van der Waals surface area contributed by atoms with E-state index in [-0.39, 0.29) is 6.04 Å². The van der Waals surface area contributed by atoms with Gasteiger partial charge in [-0.1, -0.05) is 6.92 Å². The molecule has 2 aliphatic rings. The summed E-state index contributed by atoms with van der Waals surface area (Å²) < 4.78 is 22.8. The molecule has 0 aromatic rings. The van der Waals surface area contributed by atoms with Gasteiger partial charge < -0.3 is 5.32 Å². The Morgan fingerprint density at radius 2 is 2.07 bits per heavy atom. The van der Waals surface area contributed by atoms with E-state index in [0.29, 0.717) is 23.5 Å². The van der Waals surface area contributed by atoms with Gasteiger partial charge in [0.2, 0.25) is 0 Å². The van der Waals surface area contributed by atoms with Crippen LogP contribution in [-0.4, -0.2) is 57.0 Å². The van der Waals surface area contributed by atoms with Gasteiger partial charge >= 0.3 is 0 Å². The molecule has 0 aromatic carbocycles. The van der Waals surface area contributed by atoms with Crippen LogP contribution in [0.25, 0.3) is 0 Å². The first-order chi connectivity index (χ1) is 6.99. The van der Waals surface area contributed by atoms with Crippen molar-refractivity contribution in [2.24, 2.45) is 5.92 Å². The topological polar surface area (TPSA) is 49.4 Å². The van der Waals surface area contributed by atoms with Gasteiger partial charge in [0, 0.05) is 18.6 Å². The number of rotatable bonds is 2. The molecule has 88 valence electrons. The standard InChI is InChI=1S/C10H20N2O2S/c1-8-5-11-6-10(8)12(2)9-3-4-15(13,14)7-9/h8-11H,3-7H2,1-2H3.